The SMILES string of the molecule is NNC(=O)C(=O)c1cc2ccccc2n1S(=O)(=O)c1ccccc1. The van der Waals surface area contributed by atoms with Gasteiger partial charge >= 0.3 is 5.91 Å². The first kappa shape index (κ1) is 15.9. The van der Waals surface area contributed by atoms with E-state index in [4.69, 9.17) is 5.84 Å². The largest absolute Gasteiger partial charge is 0.307 e. The molecule has 0 bridgehead atoms. The number of rotatable bonds is 4. The number of Topliss-reactive ketones (excluding diaryl/α,β-unsaturated/α-hetero) is 1. The summed E-state index contributed by atoms with van der Waals surface area (Å²) in [5.74, 6) is 2.87. The molecule has 3 rings (SSSR count). The third kappa shape index (κ3) is 2.47. The maximum atomic E-state index is 13.0. The second-order valence-electron chi connectivity index (χ2n) is 4.97. The standard InChI is InChI=1S/C16H13N3O4S/c17-18-16(21)15(20)14-10-11-6-4-5-9-13(11)19(14)24(22,23)12-7-2-1-3-8-12/h1-10H,17H2,(H,18,21). The quantitative estimate of drug-likeness (QED) is 0.242. The number of aromatic nitrogens is 1. The number of amides is 1. The number of nitrogens with zero attached hydrogens (tertiary/aromatic N) is 1. The van der Waals surface area contributed by atoms with Crippen LogP contribution >= 0.6 is 0 Å². The Bertz CT molecular complexity index is 1040. The van der Waals surface area contributed by atoms with Crippen LogP contribution < -0.4 is 11.3 Å². The summed E-state index contributed by atoms with van der Waals surface area (Å²) in [6, 6.07) is 15.6. The Labute approximate surface area is 137 Å². The molecular formula is C16H13N3O4S. The molecule has 24 heavy (non-hydrogen) atoms. The molecule has 0 saturated heterocycles. The van der Waals surface area contributed by atoms with Crippen LogP contribution in [-0.2, 0) is 14.8 Å². The van der Waals surface area contributed by atoms with Gasteiger partial charge in [0, 0.05) is 5.39 Å². The van der Waals surface area contributed by atoms with Crippen LogP contribution in [0.2, 0.25) is 0 Å². The average molecular weight is 343 g/mol. The average Bonchev–Trinajstić information content (AvgIpc) is 3.01. The Morgan fingerprint density at radius 3 is 2.25 bits per heavy atom. The van der Waals surface area contributed by atoms with Crippen molar-refractivity contribution in [2.75, 3.05) is 0 Å². The van der Waals surface area contributed by atoms with Crippen LogP contribution in [0.1, 0.15) is 10.5 Å². The number of benzene rings is 2. The molecule has 3 aromatic rings. The molecule has 0 saturated carbocycles. The second kappa shape index (κ2) is 5.91. The highest BCUT2D eigenvalue weighted by Crippen LogP contribution is 2.26. The normalized spacial score (nSPS) is 11.4. The highest BCUT2D eigenvalue weighted by atomic mass is 32.2. The van der Waals surface area contributed by atoms with Gasteiger partial charge in [-0.05, 0) is 24.3 Å². The van der Waals surface area contributed by atoms with Crippen molar-refractivity contribution < 1.29 is 18.0 Å². The minimum atomic E-state index is -4.06. The Morgan fingerprint density at radius 1 is 0.958 bits per heavy atom. The number of carbonyl (C=O) groups excluding carboxylic acids is 2. The van der Waals surface area contributed by atoms with Gasteiger partial charge in [-0.15, -0.1) is 0 Å². The van der Waals surface area contributed by atoms with Gasteiger partial charge in [-0.3, -0.25) is 15.0 Å². The van der Waals surface area contributed by atoms with Gasteiger partial charge in [0.2, 0.25) is 0 Å². The lowest BCUT2D eigenvalue weighted by atomic mass is 10.2. The van der Waals surface area contributed by atoms with Crippen molar-refractivity contribution in [2.45, 2.75) is 4.90 Å². The van der Waals surface area contributed by atoms with Crippen molar-refractivity contribution in [1.82, 2.24) is 9.40 Å². The fraction of sp³-hybridized carbons (Fsp3) is 0. The molecule has 0 spiro atoms. The predicted molar refractivity (Wildman–Crippen MR) is 87.6 cm³/mol. The molecule has 2 aromatic carbocycles. The number of hydrazine groups is 1. The predicted octanol–water partition coefficient (Wildman–Crippen LogP) is 1.05. The summed E-state index contributed by atoms with van der Waals surface area (Å²) in [5, 5.41) is 0.519. The Kier molecular flexibility index (Phi) is 3.92. The van der Waals surface area contributed by atoms with Gasteiger partial charge in [0.25, 0.3) is 15.8 Å². The zero-order chi connectivity index (χ0) is 17.3. The van der Waals surface area contributed by atoms with E-state index in [0.717, 1.165) is 3.97 Å². The molecule has 3 N–H and O–H groups in total. The first-order valence-corrected chi connectivity index (χ1v) is 8.37. The second-order valence-corrected chi connectivity index (χ2v) is 6.76. The number of nitrogens with one attached hydrogen (secondary N) is 1. The lowest BCUT2D eigenvalue weighted by molar-refractivity contribution is -0.117. The Hall–Kier alpha value is -2.97. The molecule has 0 aliphatic carbocycles. The smallest absolute Gasteiger partial charge is 0.287 e. The summed E-state index contributed by atoms with van der Waals surface area (Å²) in [4.78, 5) is 23.9. The van der Waals surface area contributed by atoms with E-state index >= 15 is 0 Å². The highest BCUT2D eigenvalue weighted by Gasteiger charge is 2.28. The third-order valence-corrected chi connectivity index (χ3v) is 5.26. The minimum absolute atomic E-state index is 0.00793. The van der Waals surface area contributed by atoms with Crippen LogP contribution in [0.4, 0.5) is 0 Å². The fourth-order valence-corrected chi connectivity index (χ4v) is 3.96. The number of nitrogens with two attached hydrogens (primary N) is 1. The zero-order valence-electron chi connectivity index (χ0n) is 12.3. The molecule has 1 aromatic heterocycles. The van der Waals surface area contributed by atoms with E-state index in [1.54, 1.807) is 47.9 Å². The van der Waals surface area contributed by atoms with Crippen molar-refractivity contribution >= 4 is 32.6 Å². The lowest BCUT2D eigenvalue weighted by Crippen LogP contribution is -2.37. The summed E-state index contributed by atoms with van der Waals surface area (Å²) in [5.41, 5.74) is 1.75. The van der Waals surface area contributed by atoms with Crippen molar-refractivity contribution in [1.29, 1.82) is 0 Å². The summed E-state index contributed by atoms with van der Waals surface area (Å²) in [7, 11) is -4.06. The zero-order valence-corrected chi connectivity index (χ0v) is 13.2. The molecule has 1 heterocycles. The lowest BCUT2D eigenvalue weighted by Gasteiger charge is -2.11. The van der Waals surface area contributed by atoms with E-state index in [1.165, 1.54) is 18.2 Å². The van der Waals surface area contributed by atoms with Crippen LogP contribution in [-0.4, -0.2) is 24.1 Å². The molecule has 0 unspecified atom stereocenters. The summed E-state index contributed by atoms with van der Waals surface area (Å²) in [6.45, 7) is 0. The van der Waals surface area contributed by atoms with Gasteiger partial charge in [-0.25, -0.2) is 18.2 Å². The number of hydrogen-bond donors (Lipinski definition) is 2. The fourth-order valence-electron chi connectivity index (χ4n) is 2.43. The van der Waals surface area contributed by atoms with Crippen LogP contribution in [0.25, 0.3) is 10.9 Å². The molecule has 122 valence electrons. The van der Waals surface area contributed by atoms with E-state index in [9.17, 15) is 18.0 Å². The molecule has 0 radical (unpaired) electrons. The van der Waals surface area contributed by atoms with Crippen LogP contribution in [0.3, 0.4) is 0 Å². The maximum Gasteiger partial charge on any atom is 0.307 e. The van der Waals surface area contributed by atoms with Crippen LogP contribution in [0.15, 0.2) is 65.6 Å². The van der Waals surface area contributed by atoms with E-state index in [2.05, 4.69) is 0 Å². The van der Waals surface area contributed by atoms with E-state index in [1.807, 2.05) is 0 Å². The number of ketones is 1. The minimum Gasteiger partial charge on any atom is -0.287 e. The Balaban J connectivity index is 2.34. The highest BCUT2D eigenvalue weighted by molar-refractivity contribution is 7.90. The van der Waals surface area contributed by atoms with Gasteiger partial charge in [-0.2, -0.15) is 0 Å². The third-order valence-electron chi connectivity index (χ3n) is 3.52. The van der Waals surface area contributed by atoms with Crippen molar-refractivity contribution in [3.8, 4) is 0 Å². The molecule has 8 heteroatoms. The topological polar surface area (TPSA) is 111 Å². The molecule has 0 atom stereocenters. The van der Waals surface area contributed by atoms with Gasteiger partial charge in [0.15, 0.2) is 0 Å². The number of hydrogen-bond acceptors (Lipinski definition) is 5. The van der Waals surface area contributed by atoms with Gasteiger partial charge in [0.05, 0.1) is 10.4 Å². The molecule has 1 amide bonds. The summed E-state index contributed by atoms with van der Waals surface area (Å²) in [6.07, 6.45) is 0. The molecule has 7 nitrogen and oxygen atoms in total. The van der Waals surface area contributed by atoms with Gasteiger partial charge in [0.1, 0.15) is 5.69 Å². The number of carbonyl (C=O) groups is 2. The van der Waals surface area contributed by atoms with Crippen molar-refractivity contribution in [3.63, 3.8) is 0 Å². The molecule has 0 fully saturated rings. The van der Waals surface area contributed by atoms with E-state index in [0.29, 0.717) is 10.9 Å². The molecule has 0 aliphatic rings. The van der Waals surface area contributed by atoms with Crippen molar-refractivity contribution in [2.24, 2.45) is 5.84 Å². The molecular weight excluding hydrogens is 330 g/mol. The molecule has 0 aliphatic heterocycles. The van der Waals surface area contributed by atoms with Crippen molar-refractivity contribution in [3.05, 3.63) is 66.4 Å². The summed E-state index contributed by atoms with van der Waals surface area (Å²) < 4.78 is 26.9. The first-order chi connectivity index (χ1) is 11.5. The van der Waals surface area contributed by atoms with E-state index < -0.39 is 21.7 Å². The monoisotopic (exact) mass is 343 g/mol. The van der Waals surface area contributed by atoms with Gasteiger partial charge < -0.3 is 0 Å². The number of fused-ring (bicyclic) bond motifs is 1. The Morgan fingerprint density at radius 2 is 1.58 bits per heavy atom. The maximum absolute atomic E-state index is 13.0. The van der Waals surface area contributed by atoms with E-state index in [-0.39, 0.29) is 10.6 Å². The van der Waals surface area contributed by atoms with Crippen LogP contribution in [0.5, 0.6) is 0 Å². The van der Waals surface area contributed by atoms with Gasteiger partial charge in [-0.1, -0.05) is 36.4 Å². The first-order valence-electron chi connectivity index (χ1n) is 6.93. The summed E-state index contributed by atoms with van der Waals surface area (Å²) >= 11 is 0. The van der Waals surface area contributed by atoms with Crippen LogP contribution in [0, 0.1) is 0 Å². The number of para-hydroxylation sites is 1.